The van der Waals surface area contributed by atoms with Crippen LogP contribution in [0, 0.1) is 0 Å². The van der Waals surface area contributed by atoms with Crippen molar-refractivity contribution in [2.75, 3.05) is 11.6 Å². The van der Waals surface area contributed by atoms with Crippen molar-refractivity contribution in [3.8, 4) is 0 Å². The van der Waals surface area contributed by atoms with Gasteiger partial charge in [0.15, 0.2) is 5.16 Å². The molecule has 1 N–H and O–H groups in total. The summed E-state index contributed by atoms with van der Waals surface area (Å²) in [4.78, 5) is 7.96. The summed E-state index contributed by atoms with van der Waals surface area (Å²) >= 11 is 12.7. The van der Waals surface area contributed by atoms with E-state index in [2.05, 4.69) is 15.3 Å². The number of rotatable bonds is 3. The summed E-state index contributed by atoms with van der Waals surface area (Å²) in [5, 5.41) is 3.09. The second kappa shape index (κ2) is 6.29. The predicted octanol–water partition coefficient (Wildman–Crippen LogP) is 5.27. The molecule has 2 rings (SSSR count). The Labute approximate surface area is 132 Å². The number of aromatic nitrogens is 2. The Kier molecular flexibility index (Phi) is 4.85. The van der Waals surface area contributed by atoms with Crippen LogP contribution in [0.4, 0.5) is 24.7 Å². The van der Waals surface area contributed by atoms with Gasteiger partial charge in [0.2, 0.25) is 0 Å². The van der Waals surface area contributed by atoms with Crippen LogP contribution >= 0.6 is 35.0 Å². The van der Waals surface area contributed by atoms with Crippen molar-refractivity contribution in [2.45, 2.75) is 11.3 Å². The minimum atomic E-state index is -4.54. The van der Waals surface area contributed by atoms with Crippen LogP contribution in [0.2, 0.25) is 10.2 Å². The molecular weight excluding hydrogens is 346 g/mol. The van der Waals surface area contributed by atoms with Gasteiger partial charge >= 0.3 is 6.18 Å². The Morgan fingerprint density at radius 1 is 1.14 bits per heavy atom. The van der Waals surface area contributed by atoms with Gasteiger partial charge in [-0.05, 0) is 24.5 Å². The molecule has 112 valence electrons. The SMILES string of the molecule is CSc1nc(Cl)cc(Nc2ccc(Cl)cc2C(F)(F)F)n1. The van der Waals surface area contributed by atoms with E-state index < -0.39 is 11.7 Å². The normalized spacial score (nSPS) is 11.5. The average molecular weight is 354 g/mol. The molecule has 0 radical (unpaired) electrons. The maximum atomic E-state index is 13.0. The Bertz CT molecular complexity index is 665. The summed E-state index contributed by atoms with van der Waals surface area (Å²) in [6.07, 6.45) is -2.80. The van der Waals surface area contributed by atoms with Gasteiger partial charge in [0.1, 0.15) is 11.0 Å². The number of anilines is 2. The smallest absolute Gasteiger partial charge is 0.340 e. The molecule has 1 aromatic heterocycles. The van der Waals surface area contributed by atoms with Crippen LogP contribution in [0.3, 0.4) is 0 Å². The largest absolute Gasteiger partial charge is 0.418 e. The van der Waals surface area contributed by atoms with E-state index in [0.717, 1.165) is 6.07 Å². The first kappa shape index (κ1) is 16.2. The number of halogens is 5. The van der Waals surface area contributed by atoms with Crippen LogP contribution in [-0.2, 0) is 6.18 Å². The molecule has 0 spiro atoms. The molecule has 0 aliphatic heterocycles. The third kappa shape index (κ3) is 4.15. The van der Waals surface area contributed by atoms with E-state index in [4.69, 9.17) is 23.2 Å². The average Bonchev–Trinajstić information content (AvgIpc) is 2.39. The highest BCUT2D eigenvalue weighted by Gasteiger charge is 2.34. The molecule has 0 aliphatic rings. The summed E-state index contributed by atoms with van der Waals surface area (Å²) in [6.45, 7) is 0. The van der Waals surface area contributed by atoms with Crippen molar-refractivity contribution in [3.63, 3.8) is 0 Å². The fraction of sp³-hybridized carbons (Fsp3) is 0.167. The van der Waals surface area contributed by atoms with Gasteiger partial charge in [-0.15, -0.1) is 0 Å². The second-order valence-electron chi connectivity index (χ2n) is 3.88. The van der Waals surface area contributed by atoms with Gasteiger partial charge < -0.3 is 5.32 Å². The summed E-state index contributed by atoms with van der Waals surface area (Å²) < 4.78 is 39.0. The van der Waals surface area contributed by atoms with E-state index in [0.29, 0.717) is 5.16 Å². The molecule has 3 nitrogen and oxygen atoms in total. The van der Waals surface area contributed by atoms with Crippen LogP contribution in [0.25, 0.3) is 0 Å². The van der Waals surface area contributed by atoms with Gasteiger partial charge in [0, 0.05) is 11.1 Å². The molecule has 0 bridgehead atoms. The van der Waals surface area contributed by atoms with Crippen molar-refractivity contribution in [1.29, 1.82) is 0 Å². The zero-order valence-corrected chi connectivity index (χ0v) is 12.8. The number of thioether (sulfide) groups is 1. The van der Waals surface area contributed by atoms with E-state index in [-0.39, 0.29) is 21.7 Å². The fourth-order valence-corrected chi connectivity index (χ4v) is 2.33. The Hall–Kier alpha value is -1.18. The monoisotopic (exact) mass is 353 g/mol. The van der Waals surface area contributed by atoms with Gasteiger partial charge in [-0.2, -0.15) is 13.2 Å². The van der Waals surface area contributed by atoms with Crippen LogP contribution in [0.1, 0.15) is 5.56 Å². The van der Waals surface area contributed by atoms with Crippen molar-refractivity contribution in [1.82, 2.24) is 9.97 Å². The van der Waals surface area contributed by atoms with E-state index in [1.54, 1.807) is 6.26 Å². The zero-order chi connectivity index (χ0) is 15.6. The molecule has 0 aliphatic carbocycles. The highest BCUT2D eigenvalue weighted by Crippen LogP contribution is 2.37. The van der Waals surface area contributed by atoms with Gasteiger partial charge in [0.05, 0.1) is 11.3 Å². The van der Waals surface area contributed by atoms with Crippen molar-refractivity contribution in [2.24, 2.45) is 0 Å². The van der Waals surface area contributed by atoms with Gasteiger partial charge in [-0.1, -0.05) is 35.0 Å². The maximum absolute atomic E-state index is 13.0. The highest BCUT2D eigenvalue weighted by atomic mass is 35.5. The molecule has 0 amide bonds. The first-order valence-corrected chi connectivity index (χ1v) is 7.50. The van der Waals surface area contributed by atoms with Crippen LogP contribution in [0.5, 0.6) is 0 Å². The van der Waals surface area contributed by atoms with Crippen LogP contribution < -0.4 is 5.32 Å². The molecule has 0 fully saturated rings. The molecule has 1 aromatic carbocycles. The number of hydrogen-bond donors (Lipinski definition) is 1. The Morgan fingerprint density at radius 3 is 2.48 bits per heavy atom. The minimum Gasteiger partial charge on any atom is -0.340 e. The van der Waals surface area contributed by atoms with Crippen molar-refractivity contribution >= 4 is 46.5 Å². The van der Waals surface area contributed by atoms with E-state index in [1.807, 2.05) is 0 Å². The third-order valence-corrected chi connectivity index (χ3v) is 3.38. The number of nitrogens with zero attached hydrogens (tertiary/aromatic N) is 2. The van der Waals surface area contributed by atoms with Crippen LogP contribution in [-0.4, -0.2) is 16.2 Å². The number of hydrogen-bond acceptors (Lipinski definition) is 4. The molecular formula is C12H8Cl2F3N3S. The topological polar surface area (TPSA) is 37.8 Å². The highest BCUT2D eigenvalue weighted by molar-refractivity contribution is 7.98. The van der Waals surface area contributed by atoms with Gasteiger partial charge in [-0.25, -0.2) is 9.97 Å². The maximum Gasteiger partial charge on any atom is 0.418 e. The Morgan fingerprint density at radius 2 is 1.86 bits per heavy atom. The summed E-state index contributed by atoms with van der Waals surface area (Å²) in [6, 6.07) is 4.79. The first-order chi connectivity index (χ1) is 9.79. The first-order valence-electron chi connectivity index (χ1n) is 5.52. The van der Waals surface area contributed by atoms with Crippen molar-refractivity contribution in [3.05, 3.63) is 40.0 Å². The molecule has 21 heavy (non-hydrogen) atoms. The number of benzene rings is 1. The van der Waals surface area contributed by atoms with Crippen molar-refractivity contribution < 1.29 is 13.2 Å². The summed E-state index contributed by atoms with van der Waals surface area (Å²) in [5.74, 6) is 0.173. The van der Waals surface area contributed by atoms with E-state index >= 15 is 0 Å². The molecule has 0 saturated carbocycles. The molecule has 0 saturated heterocycles. The molecule has 1 heterocycles. The second-order valence-corrected chi connectivity index (χ2v) is 5.47. The molecule has 0 unspecified atom stereocenters. The van der Waals surface area contributed by atoms with E-state index in [1.165, 1.54) is 30.0 Å². The lowest BCUT2D eigenvalue weighted by atomic mass is 10.1. The predicted molar refractivity (Wildman–Crippen MR) is 78.6 cm³/mol. The zero-order valence-electron chi connectivity index (χ0n) is 10.5. The van der Waals surface area contributed by atoms with E-state index in [9.17, 15) is 13.2 Å². The quantitative estimate of drug-likeness (QED) is 0.463. The molecule has 2 aromatic rings. The van der Waals surface area contributed by atoms with Gasteiger partial charge in [-0.3, -0.25) is 0 Å². The van der Waals surface area contributed by atoms with Gasteiger partial charge in [0.25, 0.3) is 0 Å². The summed E-state index contributed by atoms with van der Waals surface area (Å²) in [5.41, 5.74) is -1.04. The van der Waals surface area contributed by atoms with Crippen LogP contribution in [0.15, 0.2) is 29.4 Å². The number of nitrogens with one attached hydrogen (secondary N) is 1. The fourth-order valence-electron chi connectivity index (χ4n) is 1.55. The summed E-state index contributed by atoms with van der Waals surface area (Å²) in [7, 11) is 0. The molecule has 9 heteroatoms. The Balaban J connectivity index is 2.42. The number of alkyl halides is 3. The minimum absolute atomic E-state index is 0.00148. The third-order valence-electron chi connectivity index (χ3n) is 2.41. The lowest BCUT2D eigenvalue weighted by Crippen LogP contribution is -2.09. The standard InChI is InChI=1S/C12H8Cl2F3N3S/c1-21-11-19-9(14)5-10(20-11)18-8-3-2-6(13)4-7(8)12(15,16)17/h2-5H,1H3,(H,18,19,20). The lowest BCUT2D eigenvalue weighted by molar-refractivity contribution is -0.136. The molecule has 0 atom stereocenters. The lowest BCUT2D eigenvalue weighted by Gasteiger charge is -2.14.